The van der Waals surface area contributed by atoms with E-state index in [0.29, 0.717) is 11.1 Å². The normalized spacial score (nSPS) is 12.9. The van der Waals surface area contributed by atoms with Gasteiger partial charge in [0.05, 0.1) is 43.4 Å². The Morgan fingerprint density at radius 3 is 1.71 bits per heavy atom. The predicted octanol–water partition coefficient (Wildman–Crippen LogP) is 12.4. The highest BCUT2D eigenvalue weighted by Gasteiger charge is 2.32. The molecule has 0 bridgehead atoms. The molecule has 0 spiro atoms. The highest BCUT2D eigenvalue weighted by atomic mass is 32.2. The fourth-order valence-corrected chi connectivity index (χ4v) is 13.7. The second kappa shape index (κ2) is 10.7. The summed E-state index contributed by atoms with van der Waals surface area (Å²) in [7, 11) is -0.911. The monoisotopic (exact) mass is 702 g/mol. The number of benzene rings is 7. The van der Waals surface area contributed by atoms with Crippen LogP contribution in [0.2, 0.25) is 0 Å². The van der Waals surface area contributed by atoms with Crippen LogP contribution in [-0.2, 0) is 0 Å². The van der Waals surface area contributed by atoms with Gasteiger partial charge >= 0.3 is 0 Å². The van der Waals surface area contributed by atoms with Crippen LogP contribution in [0.15, 0.2) is 141 Å². The van der Waals surface area contributed by atoms with E-state index in [0.717, 1.165) is 48.5 Å². The van der Waals surface area contributed by atoms with Crippen LogP contribution in [0.1, 0.15) is 11.1 Å². The first kappa shape index (κ1) is 28.7. The maximum absolute atomic E-state index is 9.85. The Labute approximate surface area is 302 Å². The largest absolute Gasteiger partial charge is 0.242 e. The van der Waals surface area contributed by atoms with E-state index >= 15 is 0 Å². The molecular formula is C44H22N4S3. The Bertz CT molecular complexity index is 3200. The number of aromatic nitrogens is 2. The number of hydrogen-bond donors (Lipinski definition) is 1. The maximum atomic E-state index is 9.85. The lowest BCUT2D eigenvalue weighted by atomic mass is 9.96. The van der Waals surface area contributed by atoms with E-state index in [2.05, 4.69) is 103 Å². The molecule has 0 radical (unpaired) electrons. The predicted molar refractivity (Wildman–Crippen MR) is 213 cm³/mol. The lowest BCUT2D eigenvalue weighted by Crippen LogP contribution is -1.93. The molecule has 11 rings (SSSR count). The molecule has 0 amide bonds. The summed E-state index contributed by atoms with van der Waals surface area (Å²) in [6.07, 6.45) is 0. The Hall–Kier alpha value is -6.09. The average Bonchev–Trinajstić information content (AvgIpc) is 3.86. The first-order valence-corrected chi connectivity index (χ1v) is 19.5. The minimum absolute atomic E-state index is 0.566. The standard InChI is InChI=1S/C44H22N4S3/c45-22-24-16-18-29-33(20-24)34-21-25(23-46)17-19-30(34)39-38(29)47-40-41(48-39)44(51-36-14-5-2-9-27(36)28-10-3-6-15-37(28)51)50-43(40)32-12-7-11-31-26-8-1-4-13-35(26)49-42(31)32/h1-21,51H. The lowest BCUT2D eigenvalue weighted by molar-refractivity contribution is 1.40. The summed E-state index contributed by atoms with van der Waals surface area (Å²) in [5, 5.41) is 25.8. The number of hydrogen-bond acceptors (Lipinski definition) is 6. The highest BCUT2D eigenvalue weighted by molar-refractivity contribution is 8.19. The summed E-state index contributed by atoms with van der Waals surface area (Å²) in [6, 6.07) is 49.0. The van der Waals surface area contributed by atoms with Crippen LogP contribution in [0.4, 0.5) is 0 Å². The number of rotatable bonds is 2. The molecule has 0 fully saturated rings. The van der Waals surface area contributed by atoms with Crippen LogP contribution in [0.3, 0.4) is 0 Å². The zero-order chi connectivity index (χ0) is 33.8. The summed E-state index contributed by atoms with van der Waals surface area (Å²) in [6.45, 7) is 0. The third-order valence-electron chi connectivity index (χ3n) is 10.0. The van der Waals surface area contributed by atoms with Gasteiger partial charge in [0.2, 0.25) is 0 Å². The fourth-order valence-electron chi connectivity index (χ4n) is 7.80. The molecule has 51 heavy (non-hydrogen) atoms. The number of thiol groups is 1. The van der Waals surface area contributed by atoms with Gasteiger partial charge in [-0.3, -0.25) is 0 Å². The lowest BCUT2D eigenvalue weighted by Gasteiger charge is -2.17. The van der Waals surface area contributed by atoms with Gasteiger partial charge in [0.1, 0.15) is 11.0 Å². The molecule has 0 atom stereocenters. The molecule has 4 heterocycles. The van der Waals surface area contributed by atoms with Crippen molar-refractivity contribution in [3.05, 3.63) is 139 Å². The second-order valence-electron chi connectivity index (χ2n) is 12.7. The minimum atomic E-state index is -0.911. The van der Waals surface area contributed by atoms with Crippen LogP contribution in [0, 0.1) is 22.7 Å². The minimum Gasteiger partial charge on any atom is -0.242 e. The van der Waals surface area contributed by atoms with Gasteiger partial charge in [-0.15, -0.1) is 22.7 Å². The number of fused-ring (bicyclic) bond motifs is 13. The Kier molecular flexibility index (Phi) is 6.03. The van der Waals surface area contributed by atoms with Crippen molar-refractivity contribution in [3.63, 3.8) is 0 Å². The molecule has 7 heteroatoms. The van der Waals surface area contributed by atoms with E-state index in [4.69, 9.17) is 9.97 Å². The van der Waals surface area contributed by atoms with Crippen LogP contribution >= 0.6 is 33.6 Å². The van der Waals surface area contributed by atoms with E-state index in [1.807, 2.05) is 59.1 Å². The molecule has 7 aromatic carbocycles. The third-order valence-corrected chi connectivity index (χ3v) is 15.4. The molecule has 4 nitrogen and oxygen atoms in total. The van der Waals surface area contributed by atoms with Crippen molar-refractivity contribution in [1.82, 2.24) is 9.97 Å². The van der Waals surface area contributed by atoms with Gasteiger partial charge in [0.15, 0.2) is 0 Å². The smallest absolute Gasteiger partial charge is 0.113 e. The van der Waals surface area contributed by atoms with Crippen LogP contribution < -0.4 is 0 Å². The SMILES string of the molecule is N#Cc1ccc2c(c1)c1cc(C#N)ccc1c1nc3c([SH]4c5ccccc5-c5ccccc54)sc(-c4cccc5c4sc4ccccc45)c3nc21. The van der Waals surface area contributed by atoms with Gasteiger partial charge in [-0.1, -0.05) is 84.9 Å². The van der Waals surface area contributed by atoms with Crippen molar-refractivity contribution < 1.29 is 0 Å². The molecule has 0 aliphatic carbocycles. The zero-order valence-electron chi connectivity index (χ0n) is 26.7. The Balaban J connectivity index is 1.32. The Morgan fingerprint density at radius 1 is 0.471 bits per heavy atom. The molecule has 0 unspecified atom stereocenters. The summed E-state index contributed by atoms with van der Waals surface area (Å²) in [5.41, 5.74) is 8.32. The van der Waals surface area contributed by atoms with Gasteiger partial charge in [-0.05, 0) is 64.4 Å². The molecule has 0 saturated carbocycles. The van der Waals surface area contributed by atoms with Crippen molar-refractivity contribution in [2.45, 2.75) is 14.0 Å². The summed E-state index contributed by atoms with van der Waals surface area (Å²) >= 11 is 3.67. The van der Waals surface area contributed by atoms with Crippen molar-refractivity contribution >= 4 is 97.4 Å². The molecule has 1 aliphatic heterocycles. The van der Waals surface area contributed by atoms with Crippen molar-refractivity contribution in [1.29, 1.82) is 10.5 Å². The van der Waals surface area contributed by atoms with Gasteiger partial charge in [0.25, 0.3) is 0 Å². The van der Waals surface area contributed by atoms with E-state index in [1.54, 1.807) is 0 Å². The molecule has 10 aromatic rings. The van der Waals surface area contributed by atoms with E-state index < -0.39 is 10.9 Å². The van der Waals surface area contributed by atoms with Gasteiger partial charge in [-0.25, -0.2) is 9.97 Å². The fraction of sp³-hybridized carbons (Fsp3) is 0. The highest BCUT2D eigenvalue weighted by Crippen LogP contribution is 2.66. The second-order valence-corrected chi connectivity index (χ2v) is 17.2. The number of nitriles is 2. The van der Waals surface area contributed by atoms with Crippen LogP contribution in [-0.4, -0.2) is 9.97 Å². The van der Waals surface area contributed by atoms with Gasteiger partial charge in [0, 0.05) is 46.3 Å². The van der Waals surface area contributed by atoms with Gasteiger partial charge in [-0.2, -0.15) is 21.4 Å². The third kappa shape index (κ3) is 4.00. The van der Waals surface area contributed by atoms with Gasteiger partial charge < -0.3 is 0 Å². The zero-order valence-corrected chi connectivity index (χ0v) is 29.2. The Morgan fingerprint density at radius 2 is 1.04 bits per heavy atom. The quantitative estimate of drug-likeness (QED) is 0.144. The van der Waals surface area contributed by atoms with Crippen molar-refractivity contribution in [3.8, 4) is 33.7 Å². The topological polar surface area (TPSA) is 73.4 Å². The van der Waals surface area contributed by atoms with Crippen molar-refractivity contribution in [2.24, 2.45) is 0 Å². The summed E-state index contributed by atoms with van der Waals surface area (Å²) < 4.78 is 3.76. The van der Waals surface area contributed by atoms with E-state index in [-0.39, 0.29) is 0 Å². The van der Waals surface area contributed by atoms with E-state index in [1.165, 1.54) is 50.9 Å². The maximum Gasteiger partial charge on any atom is 0.113 e. The molecule has 236 valence electrons. The molecule has 0 saturated heterocycles. The first-order valence-electron chi connectivity index (χ1n) is 16.5. The van der Waals surface area contributed by atoms with Crippen LogP contribution in [0.25, 0.3) is 85.4 Å². The van der Waals surface area contributed by atoms with Crippen LogP contribution in [0.5, 0.6) is 0 Å². The average molecular weight is 703 g/mol. The van der Waals surface area contributed by atoms with Crippen molar-refractivity contribution in [2.75, 3.05) is 0 Å². The number of nitrogens with zero attached hydrogens (tertiary/aromatic N) is 4. The number of thiophene rings is 2. The molecule has 0 N–H and O–H groups in total. The summed E-state index contributed by atoms with van der Waals surface area (Å²) in [5.74, 6) is 0. The molecular weight excluding hydrogens is 681 g/mol. The molecule has 3 aromatic heterocycles. The summed E-state index contributed by atoms with van der Waals surface area (Å²) in [4.78, 5) is 15.1. The molecule has 1 aliphatic rings. The van der Waals surface area contributed by atoms with E-state index in [9.17, 15) is 10.5 Å². The first-order chi connectivity index (χ1) is 25.2.